The van der Waals surface area contributed by atoms with Crippen LogP contribution in [0.25, 0.3) is 0 Å². The fourth-order valence-electron chi connectivity index (χ4n) is 2.49. The van der Waals surface area contributed by atoms with Crippen LogP contribution in [0.2, 0.25) is 0 Å². The average Bonchev–Trinajstić information content (AvgIpc) is 2.51. The first-order valence-electron chi connectivity index (χ1n) is 9.56. The summed E-state index contributed by atoms with van der Waals surface area (Å²) in [7, 11) is 0. The first-order chi connectivity index (χ1) is 12.4. The molecule has 1 N–H and O–H groups in total. The quantitative estimate of drug-likeness (QED) is 0.464. The Labute approximate surface area is 163 Å². The number of amides is 3. The Kier molecular flexibility index (Phi) is 11.1. The minimum absolute atomic E-state index is 0.0672. The lowest BCUT2D eigenvalue weighted by atomic mass is 9.99. The summed E-state index contributed by atoms with van der Waals surface area (Å²) < 4.78 is 5.82. The second-order valence-electron chi connectivity index (χ2n) is 8.54. The third-order valence-corrected chi connectivity index (χ3v) is 4.17. The van der Waals surface area contributed by atoms with E-state index in [0.29, 0.717) is 32.3 Å². The smallest absolute Gasteiger partial charge is 0.229 e. The van der Waals surface area contributed by atoms with E-state index in [2.05, 4.69) is 5.32 Å². The molecule has 0 aromatic carbocycles. The molecule has 0 aliphatic heterocycles. The van der Waals surface area contributed by atoms with Crippen LogP contribution in [0.3, 0.4) is 0 Å². The van der Waals surface area contributed by atoms with Gasteiger partial charge in [-0.15, -0.1) is 0 Å². The van der Waals surface area contributed by atoms with Crippen LogP contribution < -0.4 is 5.32 Å². The van der Waals surface area contributed by atoms with E-state index in [0.717, 1.165) is 11.2 Å². The van der Waals surface area contributed by atoms with Gasteiger partial charge in [0.15, 0.2) is 0 Å². The molecule has 0 saturated carbocycles. The van der Waals surface area contributed by atoms with Crippen molar-refractivity contribution in [2.75, 3.05) is 13.2 Å². The molecule has 27 heavy (non-hydrogen) atoms. The van der Waals surface area contributed by atoms with Crippen molar-refractivity contribution < 1.29 is 23.9 Å². The summed E-state index contributed by atoms with van der Waals surface area (Å²) in [5, 5.41) is 2.92. The van der Waals surface area contributed by atoms with E-state index in [9.17, 15) is 19.2 Å². The second kappa shape index (κ2) is 11.8. The van der Waals surface area contributed by atoms with Crippen molar-refractivity contribution in [2.45, 2.75) is 84.8 Å². The molecule has 0 unspecified atom stereocenters. The van der Waals surface area contributed by atoms with E-state index >= 15 is 0 Å². The van der Waals surface area contributed by atoms with Crippen LogP contribution in [0.4, 0.5) is 0 Å². The molecule has 0 aliphatic rings. The maximum absolute atomic E-state index is 12.2. The van der Waals surface area contributed by atoms with Crippen molar-refractivity contribution in [3.05, 3.63) is 0 Å². The van der Waals surface area contributed by atoms with Crippen LogP contribution in [0.15, 0.2) is 0 Å². The van der Waals surface area contributed by atoms with E-state index in [1.165, 1.54) is 0 Å². The van der Waals surface area contributed by atoms with Gasteiger partial charge in [0.25, 0.3) is 0 Å². The van der Waals surface area contributed by atoms with Gasteiger partial charge in [0.05, 0.1) is 5.60 Å². The number of nitrogens with one attached hydrogen (secondary N) is 1. The normalized spacial score (nSPS) is 12.0. The molecule has 156 valence electrons. The highest BCUT2D eigenvalue weighted by Gasteiger charge is 2.24. The molecule has 0 aromatic heterocycles. The van der Waals surface area contributed by atoms with E-state index in [-0.39, 0.29) is 42.7 Å². The predicted molar refractivity (Wildman–Crippen MR) is 104 cm³/mol. The molecule has 0 rings (SSSR count). The van der Waals surface area contributed by atoms with Gasteiger partial charge in [0, 0.05) is 38.0 Å². The minimum atomic E-state index is -0.480. The average molecular weight is 385 g/mol. The molecule has 0 atom stereocenters. The molecule has 3 amide bonds. The second-order valence-corrected chi connectivity index (χ2v) is 8.54. The first kappa shape index (κ1) is 25.2. The number of hydrogen-bond acceptors (Lipinski definition) is 5. The maximum Gasteiger partial charge on any atom is 0.229 e. The molecule has 0 aliphatic carbocycles. The van der Waals surface area contributed by atoms with Crippen LogP contribution in [-0.2, 0) is 23.9 Å². The first-order valence-corrected chi connectivity index (χ1v) is 9.56. The van der Waals surface area contributed by atoms with Crippen molar-refractivity contribution in [1.82, 2.24) is 10.2 Å². The van der Waals surface area contributed by atoms with Gasteiger partial charge in [-0.25, -0.2) is 0 Å². The molecular formula is C20H36N2O5. The van der Waals surface area contributed by atoms with Gasteiger partial charge in [-0.2, -0.15) is 0 Å². The van der Waals surface area contributed by atoms with Crippen molar-refractivity contribution in [1.29, 1.82) is 0 Å². The lowest BCUT2D eigenvalue weighted by Crippen LogP contribution is -2.46. The lowest BCUT2D eigenvalue weighted by Gasteiger charge is -2.30. The molecule has 7 nitrogen and oxygen atoms in total. The lowest BCUT2D eigenvalue weighted by molar-refractivity contribution is -0.139. The molecular weight excluding hydrogens is 348 g/mol. The highest BCUT2D eigenvalue weighted by Crippen LogP contribution is 2.18. The van der Waals surface area contributed by atoms with Crippen molar-refractivity contribution in [3.8, 4) is 0 Å². The predicted octanol–water partition coefficient (Wildman–Crippen LogP) is 2.47. The molecule has 0 fully saturated rings. The Hall–Kier alpha value is -1.76. The number of nitrogens with zero attached hydrogens (tertiary/aromatic N) is 1. The van der Waals surface area contributed by atoms with Gasteiger partial charge in [-0.3, -0.25) is 19.3 Å². The molecule has 0 saturated heterocycles. The van der Waals surface area contributed by atoms with Gasteiger partial charge in [-0.1, -0.05) is 13.8 Å². The van der Waals surface area contributed by atoms with Crippen molar-refractivity contribution in [2.24, 2.45) is 5.92 Å². The van der Waals surface area contributed by atoms with E-state index in [1.54, 1.807) is 0 Å². The van der Waals surface area contributed by atoms with E-state index < -0.39 is 5.54 Å². The summed E-state index contributed by atoms with van der Waals surface area (Å²) in [5.74, 6) is -0.328. The van der Waals surface area contributed by atoms with Crippen molar-refractivity contribution >= 4 is 24.5 Å². The monoisotopic (exact) mass is 384 g/mol. The summed E-state index contributed by atoms with van der Waals surface area (Å²) in [6.45, 7) is 12.0. The zero-order valence-corrected chi connectivity index (χ0v) is 17.7. The SMILES string of the molecule is CC(C)CC(=O)N(C=O)CCC(=O)NC(C)(C)CCOC(C)(C)CCC=O. The summed E-state index contributed by atoms with van der Waals surface area (Å²) in [6.07, 6.45) is 3.42. The number of ether oxygens (including phenoxy) is 1. The molecule has 0 spiro atoms. The summed E-state index contributed by atoms with van der Waals surface area (Å²) >= 11 is 0. The largest absolute Gasteiger partial charge is 0.375 e. The zero-order valence-electron chi connectivity index (χ0n) is 17.7. The Morgan fingerprint density at radius 1 is 1.11 bits per heavy atom. The Morgan fingerprint density at radius 2 is 1.74 bits per heavy atom. The van der Waals surface area contributed by atoms with Gasteiger partial charge in [0.2, 0.25) is 18.2 Å². The van der Waals surface area contributed by atoms with Crippen LogP contribution in [0.1, 0.15) is 73.6 Å². The minimum Gasteiger partial charge on any atom is -0.375 e. The third kappa shape index (κ3) is 12.3. The Bertz CT molecular complexity index is 501. The number of rotatable bonds is 14. The summed E-state index contributed by atoms with van der Waals surface area (Å²) in [4.78, 5) is 46.7. The van der Waals surface area contributed by atoms with E-state index in [1.807, 2.05) is 41.5 Å². The highest BCUT2D eigenvalue weighted by atomic mass is 16.5. The molecule has 0 heterocycles. The van der Waals surface area contributed by atoms with Gasteiger partial charge < -0.3 is 14.8 Å². The fraction of sp³-hybridized carbons (Fsp3) is 0.800. The number of carbonyl (C=O) groups excluding carboxylic acids is 4. The maximum atomic E-state index is 12.2. The Morgan fingerprint density at radius 3 is 2.26 bits per heavy atom. The molecule has 7 heteroatoms. The van der Waals surface area contributed by atoms with Crippen LogP contribution in [0.5, 0.6) is 0 Å². The zero-order chi connectivity index (χ0) is 21.1. The molecule has 0 radical (unpaired) electrons. The van der Waals surface area contributed by atoms with Crippen LogP contribution in [0, 0.1) is 5.92 Å². The molecule has 0 bridgehead atoms. The fourth-order valence-corrected chi connectivity index (χ4v) is 2.49. The number of aldehydes is 1. The Balaban J connectivity index is 4.35. The van der Waals surface area contributed by atoms with E-state index in [4.69, 9.17) is 4.74 Å². The number of imide groups is 1. The number of hydrogen-bond donors (Lipinski definition) is 1. The van der Waals surface area contributed by atoms with Crippen molar-refractivity contribution in [3.63, 3.8) is 0 Å². The van der Waals surface area contributed by atoms with Crippen LogP contribution >= 0.6 is 0 Å². The summed E-state index contributed by atoms with van der Waals surface area (Å²) in [6, 6.07) is 0. The van der Waals surface area contributed by atoms with Gasteiger partial charge in [-0.05, 0) is 46.5 Å². The third-order valence-electron chi connectivity index (χ3n) is 4.17. The summed E-state index contributed by atoms with van der Waals surface area (Å²) in [5.41, 5.74) is -0.867. The van der Waals surface area contributed by atoms with Gasteiger partial charge >= 0.3 is 0 Å². The number of carbonyl (C=O) groups is 4. The van der Waals surface area contributed by atoms with Gasteiger partial charge in [0.1, 0.15) is 6.29 Å². The molecule has 0 aromatic rings. The van der Waals surface area contributed by atoms with Crippen LogP contribution in [-0.4, -0.2) is 53.7 Å². The highest BCUT2D eigenvalue weighted by molar-refractivity contribution is 5.87. The topological polar surface area (TPSA) is 92.8 Å². The standard InChI is InChI=1S/C20H36N2O5/c1-16(2)14-18(26)22(15-24)11-8-17(25)21-19(3,4)10-13-27-20(5,6)9-7-12-23/h12,15-16H,7-11,13-14H2,1-6H3,(H,21,25).